The molecule has 3 rings (SSSR count). The van der Waals surface area contributed by atoms with E-state index in [0.717, 1.165) is 38.9 Å². The maximum absolute atomic E-state index is 12.3. The highest BCUT2D eigenvalue weighted by Gasteiger charge is 2.35. The highest BCUT2D eigenvalue weighted by molar-refractivity contribution is 6.21. The van der Waals surface area contributed by atoms with Crippen molar-refractivity contribution in [1.29, 1.82) is 0 Å². The van der Waals surface area contributed by atoms with Crippen molar-refractivity contribution in [2.24, 2.45) is 5.41 Å². The van der Waals surface area contributed by atoms with Gasteiger partial charge in [0.2, 0.25) is 0 Å². The zero-order chi connectivity index (χ0) is 16.4. The number of benzene rings is 1. The van der Waals surface area contributed by atoms with E-state index in [-0.39, 0.29) is 23.8 Å². The first-order valence-corrected chi connectivity index (χ1v) is 8.32. The van der Waals surface area contributed by atoms with Crippen LogP contribution < -0.4 is 0 Å². The summed E-state index contributed by atoms with van der Waals surface area (Å²) in [5.74, 6) is -0.353. The minimum Gasteiger partial charge on any atom is -0.396 e. The minimum atomic E-state index is -0.176. The van der Waals surface area contributed by atoms with Gasteiger partial charge in [-0.2, -0.15) is 0 Å². The molecule has 0 radical (unpaired) electrons. The van der Waals surface area contributed by atoms with Gasteiger partial charge < -0.3 is 10.0 Å². The molecule has 2 heterocycles. The number of fused-ring (bicyclic) bond motifs is 1. The van der Waals surface area contributed by atoms with Gasteiger partial charge in [0, 0.05) is 25.1 Å². The number of hydrogen-bond donors (Lipinski definition) is 1. The third-order valence-corrected chi connectivity index (χ3v) is 4.98. The fourth-order valence-corrected chi connectivity index (χ4v) is 3.64. The van der Waals surface area contributed by atoms with E-state index in [1.807, 2.05) is 0 Å². The molecule has 0 aliphatic carbocycles. The van der Waals surface area contributed by atoms with Crippen molar-refractivity contribution >= 4 is 11.8 Å². The topological polar surface area (TPSA) is 60.9 Å². The van der Waals surface area contributed by atoms with Crippen LogP contribution in [0.15, 0.2) is 24.3 Å². The Labute approximate surface area is 136 Å². The van der Waals surface area contributed by atoms with E-state index in [2.05, 4.69) is 11.8 Å². The summed E-state index contributed by atoms with van der Waals surface area (Å²) in [7, 11) is 0. The third-order valence-electron chi connectivity index (χ3n) is 4.98. The summed E-state index contributed by atoms with van der Waals surface area (Å²) in [5, 5.41) is 9.51. The van der Waals surface area contributed by atoms with Crippen LogP contribution in [0.2, 0.25) is 0 Å². The lowest BCUT2D eigenvalue weighted by Gasteiger charge is -2.39. The largest absolute Gasteiger partial charge is 0.396 e. The van der Waals surface area contributed by atoms with Crippen LogP contribution in [0.5, 0.6) is 0 Å². The molecule has 1 aromatic rings. The number of hydrogen-bond acceptors (Lipinski definition) is 4. The van der Waals surface area contributed by atoms with Gasteiger partial charge in [-0.15, -0.1) is 0 Å². The van der Waals surface area contributed by atoms with Crippen LogP contribution in [0.3, 0.4) is 0 Å². The number of aliphatic hydroxyl groups excluding tert-OH is 1. The second-order valence-corrected chi connectivity index (χ2v) is 7.01. The lowest BCUT2D eigenvalue weighted by molar-refractivity contribution is 0.0437. The number of imide groups is 1. The molecule has 23 heavy (non-hydrogen) atoms. The number of piperidine rings is 1. The van der Waals surface area contributed by atoms with Crippen molar-refractivity contribution in [1.82, 2.24) is 9.80 Å². The van der Waals surface area contributed by atoms with Crippen LogP contribution >= 0.6 is 0 Å². The number of rotatable bonds is 5. The smallest absolute Gasteiger partial charge is 0.261 e. The Hall–Kier alpha value is -1.72. The first kappa shape index (κ1) is 16.1. The Morgan fingerprint density at radius 1 is 1.13 bits per heavy atom. The summed E-state index contributed by atoms with van der Waals surface area (Å²) in [5.41, 5.74) is 1.01. The van der Waals surface area contributed by atoms with Crippen molar-refractivity contribution < 1.29 is 14.7 Å². The summed E-state index contributed by atoms with van der Waals surface area (Å²) in [6.45, 7) is 5.54. The molecule has 1 N–H and O–H groups in total. The molecule has 5 heteroatoms. The monoisotopic (exact) mass is 316 g/mol. The fraction of sp³-hybridized carbons (Fsp3) is 0.556. The SMILES string of the molecule is CC1(CO)CCCN(CCCN2C(=O)c3ccccc3C2=O)C1. The number of likely N-dealkylation sites (tertiary alicyclic amines) is 1. The van der Waals surface area contributed by atoms with Crippen LogP contribution in [0.1, 0.15) is 46.9 Å². The van der Waals surface area contributed by atoms with E-state index in [1.165, 1.54) is 4.90 Å². The van der Waals surface area contributed by atoms with Gasteiger partial charge in [-0.3, -0.25) is 14.5 Å². The second-order valence-electron chi connectivity index (χ2n) is 7.01. The molecule has 0 aromatic heterocycles. The molecule has 0 bridgehead atoms. The van der Waals surface area contributed by atoms with Crippen molar-refractivity contribution in [2.45, 2.75) is 26.2 Å². The van der Waals surface area contributed by atoms with E-state index >= 15 is 0 Å². The molecule has 1 aromatic carbocycles. The molecule has 1 saturated heterocycles. The maximum Gasteiger partial charge on any atom is 0.261 e. The van der Waals surface area contributed by atoms with Crippen molar-refractivity contribution in [3.05, 3.63) is 35.4 Å². The minimum absolute atomic E-state index is 0.0201. The van der Waals surface area contributed by atoms with Crippen molar-refractivity contribution in [3.8, 4) is 0 Å². The van der Waals surface area contributed by atoms with Gasteiger partial charge in [-0.25, -0.2) is 0 Å². The molecule has 0 saturated carbocycles. The Bertz CT molecular complexity index is 581. The summed E-state index contributed by atoms with van der Waals surface area (Å²) < 4.78 is 0. The first-order chi connectivity index (χ1) is 11.0. The standard InChI is InChI=1S/C18H24N2O3/c1-18(13-21)8-4-9-19(12-18)10-5-11-20-16(22)14-6-2-3-7-15(14)17(20)23/h2-3,6-7,21H,4-5,8-13H2,1H3. The Morgan fingerprint density at radius 2 is 1.78 bits per heavy atom. The summed E-state index contributed by atoms with van der Waals surface area (Å²) >= 11 is 0. The van der Waals surface area contributed by atoms with Crippen LogP contribution in [-0.4, -0.2) is 59.5 Å². The van der Waals surface area contributed by atoms with Crippen LogP contribution in [-0.2, 0) is 0 Å². The average molecular weight is 316 g/mol. The summed E-state index contributed by atoms with van der Waals surface area (Å²) in [4.78, 5) is 28.3. The fourth-order valence-electron chi connectivity index (χ4n) is 3.64. The number of nitrogens with zero attached hydrogens (tertiary/aromatic N) is 2. The average Bonchev–Trinajstić information content (AvgIpc) is 2.80. The zero-order valence-corrected chi connectivity index (χ0v) is 13.6. The zero-order valence-electron chi connectivity index (χ0n) is 13.6. The van der Waals surface area contributed by atoms with E-state index in [4.69, 9.17) is 0 Å². The summed E-state index contributed by atoms with van der Waals surface area (Å²) in [6.07, 6.45) is 2.91. The number of carbonyl (C=O) groups excluding carboxylic acids is 2. The van der Waals surface area contributed by atoms with Crippen LogP contribution in [0, 0.1) is 5.41 Å². The lowest BCUT2D eigenvalue weighted by Crippen LogP contribution is -2.44. The van der Waals surface area contributed by atoms with Gasteiger partial charge in [-0.1, -0.05) is 19.1 Å². The highest BCUT2D eigenvalue weighted by Crippen LogP contribution is 2.29. The molecule has 2 amide bonds. The van der Waals surface area contributed by atoms with Gasteiger partial charge in [0.05, 0.1) is 11.1 Å². The molecule has 5 nitrogen and oxygen atoms in total. The van der Waals surface area contributed by atoms with Crippen molar-refractivity contribution in [2.75, 3.05) is 32.8 Å². The van der Waals surface area contributed by atoms with Crippen molar-refractivity contribution in [3.63, 3.8) is 0 Å². The van der Waals surface area contributed by atoms with Gasteiger partial charge in [0.15, 0.2) is 0 Å². The Kier molecular flexibility index (Phi) is 4.50. The van der Waals surface area contributed by atoms with Gasteiger partial charge >= 0.3 is 0 Å². The molecule has 124 valence electrons. The summed E-state index contributed by atoms with van der Waals surface area (Å²) in [6, 6.07) is 7.01. The van der Waals surface area contributed by atoms with Gasteiger partial charge in [-0.05, 0) is 44.5 Å². The van der Waals surface area contributed by atoms with E-state index in [9.17, 15) is 14.7 Å². The predicted molar refractivity (Wildman–Crippen MR) is 87.3 cm³/mol. The Balaban J connectivity index is 1.54. The lowest BCUT2D eigenvalue weighted by atomic mass is 9.83. The first-order valence-electron chi connectivity index (χ1n) is 8.32. The molecule has 2 aliphatic rings. The molecule has 1 atom stereocenters. The molecule has 1 unspecified atom stereocenters. The normalized spacial score (nSPS) is 25.0. The molecular formula is C18H24N2O3. The predicted octanol–water partition coefficient (Wildman–Crippen LogP) is 1.77. The number of amides is 2. The van der Waals surface area contributed by atoms with E-state index < -0.39 is 0 Å². The Morgan fingerprint density at radius 3 is 2.39 bits per heavy atom. The van der Waals surface area contributed by atoms with E-state index in [1.54, 1.807) is 24.3 Å². The molecule has 0 spiro atoms. The highest BCUT2D eigenvalue weighted by atomic mass is 16.3. The second kappa shape index (κ2) is 6.42. The third kappa shape index (κ3) is 3.16. The molecule has 2 aliphatic heterocycles. The van der Waals surface area contributed by atoms with E-state index in [0.29, 0.717) is 17.7 Å². The number of aliphatic hydroxyl groups is 1. The van der Waals surface area contributed by atoms with Crippen LogP contribution in [0.4, 0.5) is 0 Å². The molecular weight excluding hydrogens is 292 g/mol. The maximum atomic E-state index is 12.3. The van der Waals surface area contributed by atoms with Gasteiger partial charge in [0.25, 0.3) is 11.8 Å². The molecule has 1 fully saturated rings. The quantitative estimate of drug-likeness (QED) is 0.841. The number of carbonyl (C=O) groups is 2. The van der Waals surface area contributed by atoms with Crippen LogP contribution in [0.25, 0.3) is 0 Å². The van der Waals surface area contributed by atoms with Gasteiger partial charge in [0.1, 0.15) is 0 Å².